The molecule has 7 nitrogen and oxygen atoms in total. The first kappa shape index (κ1) is 13.8. The number of carbonyl (C=O) groups excluding carboxylic acids is 2. The van der Waals surface area contributed by atoms with Crippen molar-refractivity contribution in [2.24, 2.45) is 5.92 Å². The SMILES string of the molecule is COc1cc(C2C3C(=O)N(C)C(=O)C3ON2C)ccc1O. The molecule has 2 aliphatic rings. The van der Waals surface area contributed by atoms with E-state index in [-0.39, 0.29) is 17.6 Å². The number of likely N-dealkylation sites (N-methyl/N-ethyl adjacent to an activating group) is 1. The van der Waals surface area contributed by atoms with Gasteiger partial charge in [-0.05, 0) is 17.7 Å². The summed E-state index contributed by atoms with van der Waals surface area (Å²) >= 11 is 0. The Morgan fingerprint density at radius 2 is 1.95 bits per heavy atom. The van der Waals surface area contributed by atoms with Crippen LogP contribution in [0.2, 0.25) is 0 Å². The number of imide groups is 1. The smallest absolute Gasteiger partial charge is 0.261 e. The number of phenolic OH excluding ortho intramolecular Hbond substituents is 1. The van der Waals surface area contributed by atoms with Crippen LogP contribution >= 0.6 is 0 Å². The molecule has 2 saturated heterocycles. The molecular weight excluding hydrogens is 276 g/mol. The van der Waals surface area contributed by atoms with Gasteiger partial charge in [-0.25, -0.2) is 0 Å². The second-order valence-corrected chi connectivity index (χ2v) is 5.21. The third kappa shape index (κ3) is 1.89. The van der Waals surface area contributed by atoms with Gasteiger partial charge >= 0.3 is 0 Å². The number of carbonyl (C=O) groups is 2. The van der Waals surface area contributed by atoms with E-state index in [1.54, 1.807) is 19.2 Å². The molecule has 0 aromatic heterocycles. The van der Waals surface area contributed by atoms with E-state index in [9.17, 15) is 14.7 Å². The maximum Gasteiger partial charge on any atom is 0.261 e. The Morgan fingerprint density at radius 3 is 2.62 bits per heavy atom. The Labute approximate surface area is 121 Å². The maximum absolute atomic E-state index is 12.3. The van der Waals surface area contributed by atoms with E-state index in [2.05, 4.69) is 0 Å². The number of methoxy groups -OCH3 is 1. The lowest BCUT2D eigenvalue weighted by molar-refractivity contribution is -0.168. The third-order valence-corrected chi connectivity index (χ3v) is 4.07. The maximum atomic E-state index is 12.3. The van der Waals surface area contributed by atoms with Crippen LogP contribution in [0.3, 0.4) is 0 Å². The average molecular weight is 292 g/mol. The van der Waals surface area contributed by atoms with E-state index in [0.717, 1.165) is 10.5 Å². The van der Waals surface area contributed by atoms with Crippen molar-refractivity contribution in [2.45, 2.75) is 12.1 Å². The number of fused-ring (bicyclic) bond motifs is 1. The topological polar surface area (TPSA) is 79.3 Å². The molecule has 1 N–H and O–H groups in total. The lowest BCUT2D eigenvalue weighted by Gasteiger charge is -2.23. The number of hydrogen-bond donors (Lipinski definition) is 1. The first-order valence-corrected chi connectivity index (χ1v) is 6.53. The minimum atomic E-state index is -0.780. The summed E-state index contributed by atoms with van der Waals surface area (Å²) in [5, 5.41) is 11.2. The lowest BCUT2D eigenvalue weighted by atomic mass is 9.91. The summed E-state index contributed by atoms with van der Waals surface area (Å²) in [6.07, 6.45) is -0.780. The third-order valence-electron chi connectivity index (χ3n) is 4.07. The van der Waals surface area contributed by atoms with E-state index >= 15 is 0 Å². The highest BCUT2D eigenvalue weighted by Gasteiger charge is 2.57. The van der Waals surface area contributed by atoms with Gasteiger partial charge in [0.15, 0.2) is 17.6 Å². The van der Waals surface area contributed by atoms with Gasteiger partial charge in [-0.2, -0.15) is 5.06 Å². The van der Waals surface area contributed by atoms with Crippen molar-refractivity contribution in [1.82, 2.24) is 9.96 Å². The predicted octanol–water partition coefficient (Wildman–Crippen LogP) is 0.302. The van der Waals surface area contributed by atoms with Crippen molar-refractivity contribution in [3.05, 3.63) is 23.8 Å². The van der Waals surface area contributed by atoms with E-state index in [4.69, 9.17) is 9.57 Å². The Bertz CT molecular complexity index is 617. The second kappa shape index (κ2) is 4.71. The fourth-order valence-corrected chi connectivity index (χ4v) is 2.98. The minimum absolute atomic E-state index is 0.0188. The van der Waals surface area contributed by atoms with Gasteiger partial charge in [0.1, 0.15) is 0 Å². The zero-order valence-corrected chi connectivity index (χ0v) is 11.9. The predicted molar refractivity (Wildman–Crippen MR) is 71.3 cm³/mol. The monoisotopic (exact) mass is 292 g/mol. The van der Waals surface area contributed by atoms with Crippen LogP contribution in [0.15, 0.2) is 18.2 Å². The highest BCUT2D eigenvalue weighted by molar-refractivity contribution is 6.07. The molecule has 2 heterocycles. The molecule has 0 aliphatic carbocycles. The number of amides is 2. The van der Waals surface area contributed by atoms with Crippen LogP contribution < -0.4 is 4.74 Å². The quantitative estimate of drug-likeness (QED) is 0.790. The van der Waals surface area contributed by atoms with Crippen molar-refractivity contribution in [3.63, 3.8) is 0 Å². The van der Waals surface area contributed by atoms with Gasteiger partial charge in [0.25, 0.3) is 5.91 Å². The fraction of sp³-hybridized carbons (Fsp3) is 0.429. The summed E-state index contributed by atoms with van der Waals surface area (Å²) in [7, 11) is 4.60. The zero-order chi connectivity index (χ0) is 15.3. The molecule has 3 rings (SSSR count). The van der Waals surface area contributed by atoms with Crippen LogP contribution in [0.5, 0.6) is 11.5 Å². The molecule has 0 spiro atoms. The number of phenols is 1. The Balaban J connectivity index is 2.02. The Morgan fingerprint density at radius 1 is 1.24 bits per heavy atom. The van der Waals surface area contributed by atoms with Gasteiger partial charge in [-0.3, -0.25) is 19.3 Å². The summed E-state index contributed by atoms with van der Waals surface area (Å²) in [5.74, 6) is -0.835. The zero-order valence-electron chi connectivity index (χ0n) is 11.9. The number of hydroxylamine groups is 2. The normalized spacial score (nSPS) is 29.1. The van der Waals surface area contributed by atoms with Crippen LogP contribution in [-0.4, -0.2) is 54.2 Å². The molecule has 1 aromatic rings. The first-order valence-electron chi connectivity index (χ1n) is 6.53. The van der Waals surface area contributed by atoms with Crippen molar-refractivity contribution < 1.29 is 24.3 Å². The van der Waals surface area contributed by atoms with Gasteiger partial charge in [-0.1, -0.05) is 6.07 Å². The molecule has 2 aliphatic heterocycles. The molecule has 7 heteroatoms. The van der Waals surface area contributed by atoms with Crippen molar-refractivity contribution in [1.29, 1.82) is 0 Å². The van der Waals surface area contributed by atoms with E-state index in [1.807, 2.05) is 0 Å². The summed E-state index contributed by atoms with van der Waals surface area (Å²) in [4.78, 5) is 30.9. The summed E-state index contributed by atoms with van der Waals surface area (Å²) in [6.45, 7) is 0. The molecule has 3 atom stereocenters. The molecule has 2 fully saturated rings. The molecular formula is C14H16N2O5. The van der Waals surface area contributed by atoms with E-state index in [0.29, 0.717) is 5.75 Å². The van der Waals surface area contributed by atoms with Gasteiger partial charge in [0.05, 0.1) is 19.1 Å². The molecule has 1 aromatic carbocycles. The molecule has 0 radical (unpaired) electrons. The van der Waals surface area contributed by atoms with Gasteiger partial charge < -0.3 is 9.84 Å². The van der Waals surface area contributed by atoms with Gasteiger partial charge in [-0.15, -0.1) is 0 Å². The van der Waals surface area contributed by atoms with Crippen molar-refractivity contribution in [3.8, 4) is 11.5 Å². The highest BCUT2D eigenvalue weighted by Crippen LogP contribution is 2.44. The molecule has 21 heavy (non-hydrogen) atoms. The van der Waals surface area contributed by atoms with Gasteiger partial charge in [0.2, 0.25) is 5.91 Å². The minimum Gasteiger partial charge on any atom is -0.504 e. The lowest BCUT2D eigenvalue weighted by Crippen LogP contribution is -2.33. The molecule has 0 bridgehead atoms. The molecule has 3 unspecified atom stereocenters. The van der Waals surface area contributed by atoms with Crippen molar-refractivity contribution >= 4 is 11.8 Å². The number of benzene rings is 1. The standard InChI is InChI=1S/C14H16N2O5/c1-15-13(18)10-11(16(2)21-12(10)14(15)19)7-4-5-8(17)9(6-7)20-3/h4-6,10-12,17H,1-3H3. The number of likely N-dealkylation sites (tertiary alicyclic amines) is 1. The second-order valence-electron chi connectivity index (χ2n) is 5.21. The molecule has 112 valence electrons. The number of nitrogens with zero attached hydrogens (tertiary/aromatic N) is 2. The van der Waals surface area contributed by atoms with Gasteiger partial charge in [0, 0.05) is 14.1 Å². The van der Waals surface area contributed by atoms with E-state index < -0.39 is 18.1 Å². The van der Waals surface area contributed by atoms with Crippen LogP contribution in [0.25, 0.3) is 0 Å². The molecule has 0 saturated carbocycles. The number of rotatable bonds is 2. The average Bonchev–Trinajstić information content (AvgIpc) is 2.91. The Hall–Kier alpha value is -2.12. The largest absolute Gasteiger partial charge is 0.504 e. The number of ether oxygens (including phenoxy) is 1. The van der Waals surface area contributed by atoms with Crippen molar-refractivity contribution in [2.75, 3.05) is 21.2 Å². The summed E-state index contributed by atoms with van der Waals surface area (Å²) in [6, 6.07) is 4.45. The molecule has 2 amide bonds. The number of aromatic hydroxyl groups is 1. The summed E-state index contributed by atoms with van der Waals surface area (Å²) in [5.41, 5.74) is 0.746. The Kier molecular flexibility index (Phi) is 3.11. The highest BCUT2D eigenvalue weighted by atomic mass is 16.7. The van der Waals surface area contributed by atoms with Crippen LogP contribution in [0, 0.1) is 5.92 Å². The first-order chi connectivity index (χ1) is 9.95. The fourth-order valence-electron chi connectivity index (χ4n) is 2.98. The summed E-state index contributed by atoms with van der Waals surface area (Å²) < 4.78 is 5.09. The van der Waals surface area contributed by atoms with Crippen LogP contribution in [0.1, 0.15) is 11.6 Å². The van der Waals surface area contributed by atoms with Crippen LogP contribution in [0.4, 0.5) is 0 Å². The number of hydrogen-bond acceptors (Lipinski definition) is 6. The van der Waals surface area contributed by atoms with E-state index in [1.165, 1.54) is 25.3 Å². The van der Waals surface area contributed by atoms with Crippen LogP contribution in [-0.2, 0) is 14.4 Å².